The molecule has 1 N–H and O–H groups in total. The van der Waals surface area contributed by atoms with Gasteiger partial charge in [-0.05, 0) is 31.2 Å². The fourth-order valence-electron chi connectivity index (χ4n) is 2.17. The standard InChI is InChI=1S/C14H20N2O2.ClH/c1-15-8-10-16(11-9-15)7-6-12-2-4-13(5-3-12)14(17)18;/h2-5H,6-11H2,1H3,(H,17,18);1H. The van der Waals surface area contributed by atoms with Crippen LogP contribution in [-0.2, 0) is 6.42 Å². The van der Waals surface area contributed by atoms with Crippen molar-refractivity contribution in [2.45, 2.75) is 6.42 Å². The molecule has 4 nitrogen and oxygen atoms in total. The van der Waals surface area contributed by atoms with Crippen LogP contribution in [-0.4, -0.2) is 60.6 Å². The number of carbonyl (C=O) groups is 1. The second kappa shape index (κ2) is 7.48. The van der Waals surface area contributed by atoms with E-state index in [1.807, 2.05) is 12.1 Å². The van der Waals surface area contributed by atoms with Gasteiger partial charge in [0.2, 0.25) is 0 Å². The number of carboxylic acid groups (broad SMARTS) is 1. The molecule has 106 valence electrons. The van der Waals surface area contributed by atoms with Crippen LogP contribution in [0.15, 0.2) is 24.3 Å². The first-order valence-corrected chi connectivity index (χ1v) is 6.38. The Bertz CT molecular complexity index is 400. The Morgan fingerprint density at radius 1 is 1.16 bits per heavy atom. The highest BCUT2D eigenvalue weighted by molar-refractivity contribution is 5.87. The molecule has 0 aliphatic carbocycles. The predicted molar refractivity (Wildman–Crippen MR) is 78.3 cm³/mol. The highest BCUT2D eigenvalue weighted by Crippen LogP contribution is 2.07. The molecule has 19 heavy (non-hydrogen) atoms. The summed E-state index contributed by atoms with van der Waals surface area (Å²) in [5.41, 5.74) is 1.57. The number of aromatic carboxylic acids is 1. The van der Waals surface area contributed by atoms with Gasteiger partial charge in [0, 0.05) is 32.7 Å². The molecule has 0 atom stereocenters. The molecule has 0 radical (unpaired) electrons. The van der Waals surface area contributed by atoms with E-state index in [-0.39, 0.29) is 12.4 Å². The van der Waals surface area contributed by atoms with Gasteiger partial charge in [0.05, 0.1) is 5.56 Å². The largest absolute Gasteiger partial charge is 0.478 e. The van der Waals surface area contributed by atoms with Crippen molar-refractivity contribution in [2.75, 3.05) is 39.8 Å². The molecule has 0 saturated carbocycles. The molecule has 2 rings (SSSR count). The van der Waals surface area contributed by atoms with Gasteiger partial charge in [-0.25, -0.2) is 4.79 Å². The van der Waals surface area contributed by atoms with E-state index in [2.05, 4.69) is 16.8 Å². The van der Waals surface area contributed by atoms with Crippen molar-refractivity contribution >= 4 is 18.4 Å². The minimum absolute atomic E-state index is 0. The molecule has 5 heteroatoms. The van der Waals surface area contributed by atoms with E-state index in [9.17, 15) is 4.79 Å². The summed E-state index contributed by atoms with van der Waals surface area (Å²) >= 11 is 0. The molecule has 0 aromatic heterocycles. The molecule has 0 amide bonds. The number of hydrogen-bond donors (Lipinski definition) is 1. The summed E-state index contributed by atoms with van der Waals surface area (Å²) in [5, 5.41) is 8.82. The zero-order valence-corrected chi connectivity index (χ0v) is 12.0. The maximum absolute atomic E-state index is 10.7. The van der Waals surface area contributed by atoms with Crippen LogP contribution in [0.5, 0.6) is 0 Å². The number of piperazine rings is 1. The topological polar surface area (TPSA) is 43.8 Å². The van der Waals surface area contributed by atoms with Crippen LogP contribution < -0.4 is 0 Å². The van der Waals surface area contributed by atoms with E-state index >= 15 is 0 Å². The first-order chi connectivity index (χ1) is 8.65. The summed E-state index contributed by atoms with van der Waals surface area (Å²) in [6.45, 7) is 5.59. The quantitative estimate of drug-likeness (QED) is 0.912. The van der Waals surface area contributed by atoms with Gasteiger partial charge in [0.15, 0.2) is 0 Å². The number of nitrogens with zero attached hydrogens (tertiary/aromatic N) is 2. The predicted octanol–water partition coefficient (Wildman–Crippen LogP) is 1.60. The molecule has 1 saturated heterocycles. The van der Waals surface area contributed by atoms with Gasteiger partial charge in [-0.1, -0.05) is 12.1 Å². The second-order valence-electron chi connectivity index (χ2n) is 4.90. The van der Waals surface area contributed by atoms with Crippen LogP contribution in [0.2, 0.25) is 0 Å². The van der Waals surface area contributed by atoms with Gasteiger partial charge < -0.3 is 14.9 Å². The normalized spacial score (nSPS) is 16.9. The number of benzene rings is 1. The Balaban J connectivity index is 0.00000180. The minimum Gasteiger partial charge on any atom is -0.478 e. The molecule has 1 aliphatic heterocycles. The third kappa shape index (κ3) is 4.82. The van der Waals surface area contributed by atoms with Crippen LogP contribution in [0.3, 0.4) is 0 Å². The van der Waals surface area contributed by atoms with Gasteiger partial charge in [-0.2, -0.15) is 0 Å². The molecule has 1 heterocycles. The van der Waals surface area contributed by atoms with Crippen LogP contribution in [0, 0.1) is 0 Å². The first kappa shape index (κ1) is 16.0. The maximum Gasteiger partial charge on any atom is 0.335 e. The van der Waals surface area contributed by atoms with Crippen LogP contribution in [0.25, 0.3) is 0 Å². The lowest BCUT2D eigenvalue weighted by Gasteiger charge is -2.32. The van der Waals surface area contributed by atoms with E-state index in [1.54, 1.807) is 12.1 Å². The Morgan fingerprint density at radius 2 is 1.74 bits per heavy atom. The summed E-state index contributed by atoms with van der Waals surface area (Å²) in [4.78, 5) is 15.5. The SMILES string of the molecule is CN1CCN(CCc2ccc(C(=O)O)cc2)CC1.Cl. The lowest BCUT2D eigenvalue weighted by atomic mass is 10.1. The highest BCUT2D eigenvalue weighted by atomic mass is 35.5. The van der Waals surface area contributed by atoms with E-state index in [0.29, 0.717) is 5.56 Å². The summed E-state index contributed by atoms with van der Waals surface area (Å²) in [7, 11) is 2.15. The summed E-state index contributed by atoms with van der Waals surface area (Å²) in [6.07, 6.45) is 0.990. The van der Waals surface area contributed by atoms with Gasteiger partial charge in [-0.15, -0.1) is 12.4 Å². The van der Waals surface area contributed by atoms with Crippen molar-refractivity contribution in [1.82, 2.24) is 9.80 Å². The Kier molecular flexibility index (Phi) is 6.28. The fraction of sp³-hybridized carbons (Fsp3) is 0.500. The molecule has 1 aromatic rings. The summed E-state index contributed by atoms with van der Waals surface area (Å²) in [5.74, 6) is -0.861. The van der Waals surface area contributed by atoms with Crippen LogP contribution >= 0.6 is 12.4 Å². The lowest BCUT2D eigenvalue weighted by Crippen LogP contribution is -2.45. The van der Waals surface area contributed by atoms with Crippen molar-refractivity contribution < 1.29 is 9.90 Å². The molecule has 1 aliphatic rings. The zero-order chi connectivity index (χ0) is 13.0. The molecule has 0 unspecified atom stereocenters. The average molecular weight is 285 g/mol. The molecule has 0 bridgehead atoms. The maximum atomic E-state index is 10.7. The Morgan fingerprint density at radius 3 is 2.26 bits per heavy atom. The van der Waals surface area contributed by atoms with E-state index in [0.717, 1.165) is 39.1 Å². The number of halogens is 1. The van der Waals surface area contributed by atoms with Gasteiger partial charge in [0.25, 0.3) is 0 Å². The monoisotopic (exact) mass is 284 g/mol. The third-order valence-corrected chi connectivity index (χ3v) is 3.51. The van der Waals surface area contributed by atoms with Gasteiger partial charge in [0.1, 0.15) is 0 Å². The second-order valence-corrected chi connectivity index (χ2v) is 4.90. The Hall–Kier alpha value is -1.10. The van der Waals surface area contributed by atoms with Crippen molar-refractivity contribution in [2.24, 2.45) is 0 Å². The van der Waals surface area contributed by atoms with E-state index in [4.69, 9.17) is 5.11 Å². The lowest BCUT2D eigenvalue weighted by molar-refractivity contribution is 0.0697. The molecular weight excluding hydrogens is 264 g/mol. The third-order valence-electron chi connectivity index (χ3n) is 3.51. The zero-order valence-electron chi connectivity index (χ0n) is 11.2. The number of likely N-dealkylation sites (N-methyl/N-ethyl adjacent to an activating group) is 1. The van der Waals surface area contributed by atoms with Gasteiger partial charge >= 0.3 is 5.97 Å². The van der Waals surface area contributed by atoms with Crippen LogP contribution in [0.1, 0.15) is 15.9 Å². The number of hydrogen-bond acceptors (Lipinski definition) is 3. The van der Waals surface area contributed by atoms with Gasteiger partial charge in [-0.3, -0.25) is 0 Å². The van der Waals surface area contributed by atoms with Crippen molar-refractivity contribution in [1.29, 1.82) is 0 Å². The summed E-state index contributed by atoms with van der Waals surface area (Å²) in [6, 6.07) is 7.20. The van der Waals surface area contributed by atoms with E-state index < -0.39 is 5.97 Å². The smallest absolute Gasteiger partial charge is 0.335 e. The molecule has 1 aromatic carbocycles. The van der Waals surface area contributed by atoms with Crippen molar-refractivity contribution in [3.63, 3.8) is 0 Å². The average Bonchev–Trinajstić information content (AvgIpc) is 2.38. The molecule has 0 spiro atoms. The highest BCUT2D eigenvalue weighted by Gasteiger charge is 2.13. The molecule has 1 fully saturated rings. The summed E-state index contributed by atoms with van der Waals surface area (Å²) < 4.78 is 0. The van der Waals surface area contributed by atoms with Crippen molar-refractivity contribution in [3.05, 3.63) is 35.4 Å². The minimum atomic E-state index is -0.861. The van der Waals surface area contributed by atoms with Crippen molar-refractivity contribution in [3.8, 4) is 0 Å². The fourth-order valence-corrected chi connectivity index (χ4v) is 2.17. The van der Waals surface area contributed by atoms with E-state index in [1.165, 1.54) is 5.56 Å². The number of carboxylic acids is 1. The first-order valence-electron chi connectivity index (χ1n) is 6.38. The Labute approximate surface area is 120 Å². The number of rotatable bonds is 4. The molecular formula is C14H21ClN2O2. The van der Waals surface area contributed by atoms with Crippen LogP contribution in [0.4, 0.5) is 0 Å².